The van der Waals surface area contributed by atoms with Crippen LogP contribution in [0.15, 0.2) is 29.2 Å². The summed E-state index contributed by atoms with van der Waals surface area (Å²) in [7, 11) is 0. The number of rotatable bonds is 5. The monoisotopic (exact) mass is 264 g/mol. The quantitative estimate of drug-likeness (QED) is 0.792. The van der Waals surface area contributed by atoms with Gasteiger partial charge in [0.25, 0.3) is 0 Å². The molecule has 0 aromatic heterocycles. The Bertz CT molecular complexity index is 361. The van der Waals surface area contributed by atoms with Crippen molar-refractivity contribution in [3.05, 3.63) is 24.3 Å². The Morgan fingerprint density at radius 2 is 2.33 bits per heavy atom. The lowest BCUT2D eigenvalue weighted by Crippen LogP contribution is -2.37. The van der Waals surface area contributed by atoms with E-state index < -0.39 is 0 Å². The molecule has 1 aromatic rings. The third-order valence-electron chi connectivity index (χ3n) is 3.53. The Hall–Kier alpha value is -0.670. The van der Waals surface area contributed by atoms with Gasteiger partial charge >= 0.3 is 0 Å². The topological polar surface area (TPSA) is 24.1 Å². The zero-order chi connectivity index (χ0) is 12.8. The van der Waals surface area contributed by atoms with Gasteiger partial charge in [-0.1, -0.05) is 12.5 Å². The van der Waals surface area contributed by atoms with Gasteiger partial charge in [0.15, 0.2) is 0 Å². The van der Waals surface area contributed by atoms with Crippen LogP contribution in [0.3, 0.4) is 0 Å². The summed E-state index contributed by atoms with van der Waals surface area (Å²) in [4.78, 5) is 1.32. The van der Waals surface area contributed by atoms with Crippen molar-refractivity contribution in [1.29, 1.82) is 0 Å². The highest BCUT2D eigenvalue weighted by Gasteiger charge is 2.15. The predicted molar refractivity (Wildman–Crippen MR) is 81.6 cm³/mol. The summed E-state index contributed by atoms with van der Waals surface area (Å²) in [6.45, 7) is 3.47. The fourth-order valence-electron chi connectivity index (χ4n) is 2.61. The number of hydrogen-bond acceptors (Lipinski definition) is 3. The molecule has 0 spiro atoms. The van der Waals surface area contributed by atoms with Crippen LogP contribution in [-0.4, -0.2) is 24.9 Å². The van der Waals surface area contributed by atoms with E-state index in [1.165, 1.54) is 42.8 Å². The lowest BCUT2D eigenvalue weighted by Gasteiger charge is -2.27. The summed E-state index contributed by atoms with van der Waals surface area (Å²) in [5, 5.41) is 7.22. The number of thioether (sulfide) groups is 1. The van der Waals surface area contributed by atoms with E-state index >= 15 is 0 Å². The molecule has 18 heavy (non-hydrogen) atoms. The first-order valence-electron chi connectivity index (χ1n) is 6.92. The van der Waals surface area contributed by atoms with E-state index in [-0.39, 0.29) is 0 Å². The number of hydrogen-bond donors (Lipinski definition) is 2. The second-order valence-corrected chi connectivity index (χ2v) is 6.04. The van der Waals surface area contributed by atoms with Crippen molar-refractivity contribution in [2.24, 2.45) is 0 Å². The van der Waals surface area contributed by atoms with E-state index in [0.717, 1.165) is 0 Å². The van der Waals surface area contributed by atoms with Crippen LogP contribution in [0, 0.1) is 0 Å². The third kappa shape index (κ3) is 4.21. The van der Waals surface area contributed by atoms with Crippen molar-refractivity contribution in [1.82, 2.24) is 5.32 Å². The molecule has 0 bridgehead atoms. The summed E-state index contributed by atoms with van der Waals surface area (Å²) in [6, 6.07) is 9.89. The van der Waals surface area contributed by atoms with Gasteiger partial charge in [-0.3, -0.25) is 0 Å². The van der Waals surface area contributed by atoms with Crippen molar-refractivity contribution in [2.75, 3.05) is 18.1 Å². The lowest BCUT2D eigenvalue weighted by molar-refractivity contribution is 0.371. The van der Waals surface area contributed by atoms with Gasteiger partial charge in [-0.15, -0.1) is 11.8 Å². The molecule has 1 saturated heterocycles. The summed E-state index contributed by atoms with van der Waals surface area (Å²) in [6.07, 6.45) is 7.38. The number of nitrogens with one attached hydrogen (secondary N) is 2. The maximum Gasteiger partial charge on any atom is 0.0353 e. The minimum atomic E-state index is 0.526. The molecular formula is C15H24N2S. The Kier molecular flexibility index (Phi) is 5.39. The largest absolute Gasteiger partial charge is 0.383 e. The fourth-order valence-corrected chi connectivity index (χ4v) is 3.07. The smallest absolute Gasteiger partial charge is 0.0353 e. The second kappa shape index (κ2) is 7.05. The molecule has 1 aliphatic heterocycles. The van der Waals surface area contributed by atoms with Gasteiger partial charge in [0.1, 0.15) is 0 Å². The van der Waals surface area contributed by atoms with E-state index in [4.69, 9.17) is 0 Å². The van der Waals surface area contributed by atoms with Gasteiger partial charge in [-0.2, -0.15) is 0 Å². The molecule has 1 heterocycles. The first kappa shape index (κ1) is 13.8. The van der Waals surface area contributed by atoms with Crippen LogP contribution >= 0.6 is 11.8 Å². The molecule has 2 atom stereocenters. The van der Waals surface area contributed by atoms with Gasteiger partial charge < -0.3 is 10.6 Å². The summed E-state index contributed by atoms with van der Waals surface area (Å²) in [5.74, 6) is 0. The average Bonchev–Trinajstić information content (AvgIpc) is 2.40. The van der Waals surface area contributed by atoms with E-state index in [9.17, 15) is 0 Å². The first-order valence-corrected chi connectivity index (χ1v) is 8.14. The zero-order valence-corrected chi connectivity index (χ0v) is 12.2. The Morgan fingerprint density at radius 1 is 1.44 bits per heavy atom. The highest BCUT2D eigenvalue weighted by Crippen LogP contribution is 2.20. The Labute approximate surface area is 115 Å². The highest BCUT2D eigenvalue weighted by atomic mass is 32.2. The van der Waals surface area contributed by atoms with Crippen LogP contribution in [0.2, 0.25) is 0 Å². The molecule has 2 nitrogen and oxygen atoms in total. The molecule has 0 amide bonds. The van der Waals surface area contributed by atoms with E-state index in [2.05, 4.69) is 48.1 Å². The summed E-state index contributed by atoms with van der Waals surface area (Å²) < 4.78 is 0. The van der Waals surface area contributed by atoms with Gasteiger partial charge in [-0.25, -0.2) is 0 Å². The third-order valence-corrected chi connectivity index (χ3v) is 4.26. The van der Waals surface area contributed by atoms with Crippen molar-refractivity contribution >= 4 is 17.4 Å². The number of benzene rings is 1. The molecule has 1 fully saturated rings. The van der Waals surface area contributed by atoms with Crippen LogP contribution in [-0.2, 0) is 0 Å². The molecule has 0 saturated carbocycles. The Morgan fingerprint density at radius 3 is 3.06 bits per heavy atom. The molecule has 2 rings (SSSR count). The first-order chi connectivity index (χ1) is 8.78. The van der Waals surface area contributed by atoms with Gasteiger partial charge in [0, 0.05) is 22.7 Å². The van der Waals surface area contributed by atoms with Crippen molar-refractivity contribution < 1.29 is 0 Å². The van der Waals surface area contributed by atoms with Crippen molar-refractivity contribution in [3.63, 3.8) is 0 Å². The molecule has 2 unspecified atom stereocenters. The van der Waals surface area contributed by atoms with Crippen LogP contribution < -0.4 is 10.6 Å². The van der Waals surface area contributed by atoms with Crippen LogP contribution in [0.25, 0.3) is 0 Å². The van der Waals surface area contributed by atoms with Gasteiger partial charge in [0.05, 0.1) is 0 Å². The second-order valence-electron chi connectivity index (χ2n) is 5.16. The maximum atomic E-state index is 3.61. The molecule has 0 aliphatic carbocycles. The summed E-state index contributed by atoms with van der Waals surface area (Å²) >= 11 is 1.79. The van der Waals surface area contributed by atoms with E-state index in [1.807, 2.05) is 0 Å². The van der Waals surface area contributed by atoms with Crippen LogP contribution in [0.4, 0.5) is 5.69 Å². The molecule has 100 valence electrons. The normalized spacial score (nSPS) is 21.6. The predicted octanol–water partition coefficient (Wildman–Crippen LogP) is 3.74. The number of anilines is 1. The van der Waals surface area contributed by atoms with Crippen LogP contribution in [0.1, 0.15) is 32.6 Å². The zero-order valence-electron chi connectivity index (χ0n) is 11.4. The molecular weight excluding hydrogens is 240 g/mol. The molecule has 3 heteroatoms. The van der Waals surface area contributed by atoms with E-state index in [1.54, 1.807) is 11.8 Å². The number of piperidine rings is 1. The van der Waals surface area contributed by atoms with Gasteiger partial charge in [-0.05, 0) is 57.2 Å². The van der Waals surface area contributed by atoms with Gasteiger partial charge in [0.2, 0.25) is 0 Å². The molecule has 2 N–H and O–H groups in total. The SMILES string of the molecule is CSc1cccc(NC(C)CC2CCCCN2)c1. The highest BCUT2D eigenvalue weighted by molar-refractivity contribution is 7.98. The molecule has 0 radical (unpaired) electrons. The van der Waals surface area contributed by atoms with Crippen molar-refractivity contribution in [3.8, 4) is 0 Å². The van der Waals surface area contributed by atoms with E-state index in [0.29, 0.717) is 12.1 Å². The average molecular weight is 264 g/mol. The minimum Gasteiger partial charge on any atom is -0.383 e. The summed E-state index contributed by atoms with van der Waals surface area (Å²) in [5.41, 5.74) is 1.24. The molecule has 1 aliphatic rings. The Balaban J connectivity index is 1.83. The standard InChI is InChI=1S/C15H24N2S/c1-12(10-13-6-3-4-9-16-13)17-14-7-5-8-15(11-14)18-2/h5,7-8,11-13,16-17H,3-4,6,9-10H2,1-2H3. The lowest BCUT2D eigenvalue weighted by atomic mass is 9.99. The molecule has 1 aromatic carbocycles. The fraction of sp³-hybridized carbons (Fsp3) is 0.600. The maximum absolute atomic E-state index is 3.61. The minimum absolute atomic E-state index is 0.526. The van der Waals surface area contributed by atoms with Crippen LogP contribution in [0.5, 0.6) is 0 Å². The van der Waals surface area contributed by atoms with Crippen molar-refractivity contribution in [2.45, 2.75) is 49.6 Å².